The minimum Gasteiger partial charge on any atom is -0.399 e. The smallest absolute Gasteiger partial charge is 0.0725 e. The second kappa shape index (κ2) is 11.7. The number of nitrogen functional groups attached to an aromatic ring is 1. The molecular formula is C27H32N4. The predicted molar refractivity (Wildman–Crippen MR) is 134 cm³/mol. The third-order valence-corrected chi connectivity index (χ3v) is 5.06. The van der Waals surface area contributed by atoms with Crippen LogP contribution in [0.25, 0.3) is 5.57 Å². The third-order valence-electron chi connectivity index (χ3n) is 5.06. The molecule has 31 heavy (non-hydrogen) atoms. The van der Waals surface area contributed by atoms with Crippen LogP contribution in [0.2, 0.25) is 0 Å². The first-order valence-corrected chi connectivity index (χ1v) is 10.8. The van der Waals surface area contributed by atoms with Gasteiger partial charge < -0.3 is 16.8 Å². The number of anilines is 1. The monoisotopic (exact) mass is 412 g/mol. The van der Waals surface area contributed by atoms with E-state index in [4.69, 9.17) is 16.5 Å². The maximum atomic E-state index is 6.19. The molecular weight excluding hydrogens is 380 g/mol. The molecule has 1 atom stereocenters. The Kier molecular flexibility index (Phi) is 8.44. The van der Waals surface area contributed by atoms with Gasteiger partial charge in [-0.25, -0.2) is 0 Å². The quantitative estimate of drug-likeness (QED) is 0.239. The topological polar surface area (TPSA) is 76.4 Å². The van der Waals surface area contributed by atoms with Crippen LogP contribution in [-0.2, 0) is 0 Å². The van der Waals surface area contributed by atoms with Crippen LogP contribution in [0.1, 0.15) is 36.5 Å². The van der Waals surface area contributed by atoms with Gasteiger partial charge in [0.1, 0.15) is 0 Å². The van der Waals surface area contributed by atoms with Crippen LogP contribution in [0.3, 0.4) is 0 Å². The van der Waals surface area contributed by atoms with Crippen LogP contribution in [-0.4, -0.2) is 24.8 Å². The van der Waals surface area contributed by atoms with E-state index in [1.165, 1.54) is 0 Å². The van der Waals surface area contributed by atoms with Crippen LogP contribution in [0.15, 0.2) is 96.2 Å². The van der Waals surface area contributed by atoms with E-state index in [2.05, 4.69) is 41.7 Å². The van der Waals surface area contributed by atoms with Gasteiger partial charge in [-0.2, -0.15) is 0 Å². The van der Waals surface area contributed by atoms with Crippen molar-refractivity contribution in [3.8, 4) is 0 Å². The summed E-state index contributed by atoms with van der Waals surface area (Å²) >= 11 is 0. The molecule has 1 aliphatic rings. The number of benzene rings is 2. The fourth-order valence-electron chi connectivity index (χ4n) is 3.46. The molecule has 2 aromatic carbocycles. The van der Waals surface area contributed by atoms with Gasteiger partial charge in [0, 0.05) is 35.9 Å². The number of hydrogen-bond donors (Lipinski definition) is 3. The molecule has 2 aromatic rings. The van der Waals surface area contributed by atoms with Crippen LogP contribution < -0.4 is 16.8 Å². The van der Waals surface area contributed by atoms with Crippen molar-refractivity contribution < 1.29 is 0 Å². The lowest BCUT2D eigenvalue weighted by Crippen LogP contribution is -2.18. The Balaban J connectivity index is 1.88. The maximum absolute atomic E-state index is 6.19. The lowest BCUT2D eigenvalue weighted by molar-refractivity contribution is 0.762. The van der Waals surface area contributed by atoms with Gasteiger partial charge in [-0.05, 0) is 55.3 Å². The standard InChI is InChI=1S/C27H32N4/c1-2-3-7-17-30-18-8-19-31-27(22-9-5-4-6-10-22)26-20-24(29)15-16-25(26)21-11-13-23(28)14-12-21/h2-7,9-13,15-17,20,23,30H,8,14,18-19,28-29H2,1H3. The molecule has 5 N–H and O–H groups in total. The lowest BCUT2D eigenvalue weighted by atomic mass is 9.89. The Labute approximate surface area is 185 Å². The number of nitrogens with one attached hydrogen (secondary N) is 1. The zero-order valence-electron chi connectivity index (χ0n) is 18.2. The van der Waals surface area contributed by atoms with E-state index in [0.717, 1.165) is 59.6 Å². The first-order chi connectivity index (χ1) is 15.2. The van der Waals surface area contributed by atoms with E-state index >= 15 is 0 Å². The van der Waals surface area contributed by atoms with E-state index in [1.807, 2.05) is 61.7 Å². The Morgan fingerprint density at radius 2 is 2.00 bits per heavy atom. The normalized spacial score (nSPS) is 16.8. The molecule has 0 bridgehead atoms. The molecule has 160 valence electrons. The van der Waals surface area contributed by atoms with E-state index in [-0.39, 0.29) is 6.04 Å². The highest BCUT2D eigenvalue weighted by Crippen LogP contribution is 2.28. The number of hydrogen-bond acceptors (Lipinski definition) is 4. The third kappa shape index (κ3) is 6.56. The van der Waals surface area contributed by atoms with Crippen molar-refractivity contribution in [2.45, 2.75) is 25.8 Å². The molecule has 0 fully saturated rings. The second-order valence-corrected chi connectivity index (χ2v) is 7.51. The summed E-state index contributed by atoms with van der Waals surface area (Å²) in [6, 6.07) is 16.5. The van der Waals surface area contributed by atoms with Crippen molar-refractivity contribution in [1.29, 1.82) is 0 Å². The summed E-state index contributed by atoms with van der Waals surface area (Å²) in [7, 11) is 0. The molecule has 1 aliphatic carbocycles. The highest BCUT2D eigenvalue weighted by Gasteiger charge is 2.16. The molecule has 0 heterocycles. The lowest BCUT2D eigenvalue weighted by Gasteiger charge is -2.18. The number of rotatable bonds is 9. The van der Waals surface area contributed by atoms with Crippen LogP contribution in [0.5, 0.6) is 0 Å². The first-order valence-electron chi connectivity index (χ1n) is 10.8. The molecule has 0 radical (unpaired) electrons. The molecule has 0 saturated heterocycles. The van der Waals surface area contributed by atoms with Crippen molar-refractivity contribution in [1.82, 2.24) is 5.32 Å². The number of nitrogens with two attached hydrogens (primary N) is 2. The van der Waals surface area contributed by atoms with Gasteiger partial charge >= 0.3 is 0 Å². The van der Waals surface area contributed by atoms with Gasteiger partial charge in [-0.1, -0.05) is 66.8 Å². The van der Waals surface area contributed by atoms with Crippen molar-refractivity contribution in [3.63, 3.8) is 0 Å². The minimum absolute atomic E-state index is 0.0811. The Hall–Kier alpha value is -3.37. The predicted octanol–water partition coefficient (Wildman–Crippen LogP) is 4.85. The van der Waals surface area contributed by atoms with Gasteiger partial charge in [0.2, 0.25) is 0 Å². The SMILES string of the molecule is CC=CC=CNCCCN=C(c1ccccc1)c1cc(N)ccc1C1=CCC(N)C=C1. The van der Waals surface area contributed by atoms with E-state index in [9.17, 15) is 0 Å². The first kappa shape index (κ1) is 22.3. The largest absolute Gasteiger partial charge is 0.399 e. The van der Waals surface area contributed by atoms with Gasteiger partial charge in [-0.3, -0.25) is 4.99 Å². The van der Waals surface area contributed by atoms with Gasteiger partial charge in [0.05, 0.1) is 5.71 Å². The summed E-state index contributed by atoms with van der Waals surface area (Å²) in [5.41, 5.74) is 18.4. The number of nitrogens with zero attached hydrogens (tertiary/aromatic N) is 1. The molecule has 0 aromatic heterocycles. The molecule has 3 rings (SSSR count). The van der Waals surface area contributed by atoms with Crippen molar-refractivity contribution in [3.05, 3.63) is 108 Å². The summed E-state index contributed by atoms with van der Waals surface area (Å²) < 4.78 is 0. The highest BCUT2D eigenvalue weighted by molar-refractivity contribution is 6.16. The van der Waals surface area contributed by atoms with E-state index in [0.29, 0.717) is 0 Å². The van der Waals surface area contributed by atoms with Gasteiger partial charge in [-0.15, -0.1) is 0 Å². The van der Waals surface area contributed by atoms with Crippen molar-refractivity contribution >= 4 is 17.0 Å². The molecule has 1 unspecified atom stereocenters. The maximum Gasteiger partial charge on any atom is 0.0725 e. The average molecular weight is 413 g/mol. The van der Waals surface area contributed by atoms with Crippen molar-refractivity contribution in [2.24, 2.45) is 10.7 Å². The van der Waals surface area contributed by atoms with Crippen molar-refractivity contribution in [2.75, 3.05) is 18.8 Å². The van der Waals surface area contributed by atoms with Crippen LogP contribution in [0, 0.1) is 0 Å². The summed E-state index contributed by atoms with van der Waals surface area (Å²) in [5.74, 6) is 0. The molecule has 0 aliphatic heterocycles. The fraction of sp³-hybridized carbons (Fsp3) is 0.222. The Morgan fingerprint density at radius 3 is 2.74 bits per heavy atom. The fourth-order valence-corrected chi connectivity index (χ4v) is 3.46. The van der Waals surface area contributed by atoms with Gasteiger partial charge in [0.15, 0.2) is 0 Å². The Morgan fingerprint density at radius 1 is 1.16 bits per heavy atom. The Bertz CT molecular complexity index is 997. The van der Waals surface area contributed by atoms with E-state index < -0.39 is 0 Å². The van der Waals surface area contributed by atoms with Gasteiger partial charge in [0.25, 0.3) is 0 Å². The summed E-state index contributed by atoms with van der Waals surface area (Å²) in [6.07, 6.45) is 16.1. The molecule has 0 amide bonds. The molecule has 0 saturated carbocycles. The minimum atomic E-state index is 0.0811. The number of allylic oxidation sites excluding steroid dienone is 5. The zero-order valence-corrected chi connectivity index (χ0v) is 18.2. The summed E-state index contributed by atoms with van der Waals surface area (Å²) in [6.45, 7) is 3.60. The highest BCUT2D eigenvalue weighted by atomic mass is 14.8. The summed E-state index contributed by atoms with van der Waals surface area (Å²) in [4.78, 5) is 5.02. The summed E-state index contributed by atoms with van der Waals surface area (Å²) in [5, 5.41) is 3.30. The van der Waals surface area contributed by atoms with Crippen LogP contribution >= 0.6 is 0 Å². The second-order valence-electron chi connectivity index (χ2n) is 7.51. The van der Waals surface area contributed by atoms with E-state index in [1.54, 1.807) is 0 Å². The zero-order chi connectivity index (χ0) is 21.9. The molecule has 4 nitrogen and oxygen atoms in total. The van der Waals surface area contributed by atoms with Crippen LogP contribution in [0.4, 0.5) is 5.69 Å². The average Bonchev–Trinajstić information content (AvgIpc) is 2.79. The number of aliphatic imine (C=N–C) groups is 1. The molecule has 0 spiro atoms. The molecule has 4 heteroatoms.